The van der Waals surface area contributed by atoms with E-state index in [9.17, 15) is 9.90 Å². The predicted molar refractivity (Wildman–Crippen MR) is 109 cm³/mol. The van der Waals surface area contributed by atoms with E-state index in [4.69, 9.17) is 0 Å². The minimum absolute atomic E-state index is 0.146. The molecule has 5 heteroatoms. The van der Waals surface area contributed by atoms with Gasteiger partial charge in [0.2, 0.25) is 0 Å². The Labute approximate surface area is 159 Å². The summed E-state index contributed by atoms with van der Waals surface area (Å²) >= 11 is 0. The van der Waals surface area contributed by atoms with Gasteiger partial charge in [-0.1, -0.05) is 49.4 Å². The van der Waals surface area contributed by atoms with E-state index in [2.05, 4.69) is 35.3 Å². The van der Waals surface area contributed by atoms with Gasteiger partial charge in [0, 0.05) is 13.1 Å². The van der Waals surface area contributed by atoms with E-state index in [-0.39, 0.29) is 5.69 Å². The second-order valence-corrected chi connectivity index (χ2v) is 7.43. The van der Waals surface area contributed by atoms with E-state index in [1.54, 1.807) is 4.68 Å². The van der Waals surface area contributed by atoms with Gasteiger partial charge in [-0.05, 0) is 49.3 Å². The molecule has 0 bridgehead atoms. The van der Waals surface area contributed by atoms with Crippen LogP contribution >= 0.6 is 0 Å². The van der Waals surface area contributed by atoms with Gasteiger partial charge in [-0.15, -0.1) is 0 Å². The van der Waals surface area contributed by atoms with Crippen molar-refractivity contribution in [3.63, 3.8) is 0 Å². The molecule has 2 heterocycles. The van der Waals surface area contributed by atoms with Crippen LogP contribution < -0.4 is 10.7 Å². The summed E-state index contributed by atoms with van der Waals surface area (Å²) in [5.74, 6) is 0.647. The van der Waals surface area contributed by atoms with Crippen molar-refractivity contribution in [1.29, 1.82) is 0 Å². The monoisotopic (exact) mass is 365 g/mol. The molecule has 0 saturated carbocycles. The number of fused-ring (bicyclic) bond motifs is 1. The molecule has 1 N–H and O–H groups in total. The highest BCUT2D eigenvalue weighted by atomic mass is 16.3. The second-order valence-electron chi connectivity index (χ2n) is 7.43. The summed E-state index contributed by atoms with van der Waals surface area (Å²) in [4.78, 5) is 13.1. The minimum Gasteiger partial charge on any atom is -0.373 e. The van der Waals surface area contributed by atoms with Crippen molar-refractivity contribution in [2.45, 2.75) is 38.8 Å². The van der Waals surface area contributed by atoms with Crippen LogP contribution in [-0.2, 0) is 6.42 Å². The van der Waals surface area contributed by atoms with Crippen LogP contribution in [0.5, 0.6) is 0 Å². The van der Waals surface area contributed by atoms with Crippen molar-refractivity contribution in [3.8, 4) is 0 Å². The van der Waals surface area contributed by atoms with E-state index in [1.807, 2.05) is 31.2 Å². The first kappa shape index (κ1) is 17.9. The largest absolute Gasteiger partial charge is 0.373 e. The van der Waals surface area contributed by atoms with Crippen molar-refractivity contribution >= 4 is 11.0 Å². The first-order valence-corrected chi connectivity index (χ1v) is 9.88. The molecule has 1 saturated heterocycles. The first-order chi connectivity index (χ1) is 13.2. The predicted octanol–water partition coefficient (Wildman–Crippen LogP) is 3.29. The van der Waals surface area contributed by atoms with Gasteiger partial charge in [0.25, 0.3) is 0 Å². The molecule has 1 aromatic heterocycles. The summed E-state index contributed by atoms with van der Waals surface area (Å²) in [6.45, 7) is 3.60. The lowest BCUT2D eigenvalue weighted by Gasteiger charge is -2.34. The molecular weight excluding hydrogens is 338 g/mol. The van der Waals surface area contributed by atoms with Crippen molar-refractivity contribution < 1.29 is 5.11 Å². The number of benzene rings is 2. The fraction of sp³-hybridized carbons (Fsp3) is 0.409. The highest BCUT2D eigenvalue weighted by Crippen LogP contribution is 2.23. The van der Waals surface area contributed by atoms with E-state index >= 15 is 0 Å². The number of rotatable bonds is 5. The lowest BCUT2D eigenvalue weighted by molar-refractivity contribution is 0.0996. The number of hydrogen-bond donors (Lipinski definition) is 1. The lowest BCUT2D eigenvalue weighted by Crippen LogP contribution is -2.47. The summed E-state index contributed by atoms with van der Waals surface area (Å²) in [5.41, 5.74) is 2.91. The fourth-order valence-electron chi connectivity index (χ4n) is 4.17. The van der Waals surface area contributed by atoms with Crippen LogP contribution in [0.4, 0.5) is 0 Å². The number of aliphatic hydroxyl groups is 1. The Hall–Kier alpha value is -2.53. The molecule has 1 aliphatic heterocycles. The molecule has 5 nitrogen and oxygen atoms in total. The topological polar surface area (TPSA) is 50.4 Å². The molecule has 1 fully saturated rings. The maximum Gasteiger partial charge on any atom is 0.350 e. The lowest BCUT2D eigenvalue weighted by atomic mass is 9.91. The van der Waals surface area contributed by atoms with Gasteiger partial charge in [-0.25, -0.2) is 9.47 Å². The summed E-state index contributed by atoms with van der Waals surface area (Å²) < 4.78 is 3.29. The molecule has 0 aliphatic carbocycles. The van der Waals surface area contributed by atoms with Crippen molar-refractivity contribution in [1.82, 2.24) is 9.24 Å². The van der Waals surface area contributed by atoms with Gasteiger partial charge in [-0.3, -0.25) is 4.57 Å². The maximum absolute atomic E-state index is 13.1. The summed E-state index contributed by atoms with van der Waals surface area (Å²) in [7, 11) is 0. The van der Waals surface area contributed by atoms with Crippen LogP contribution in [0.15, 0.2) is 59.4 Å². The SMILES string of the molecule is CCC(O)n1c(=O)n(N2CCC(Cc3ccccc3)CC2)c2ccccc21. The Balaban J connectivity index is 1.57. The Bertz CT molecular complexity index is 953. The van der Waals surface area contributed by atoms with E-state index in [1.165, 1.54) is 10.1 Å². The van der Waals surface area contributed by atoms with Gasteiger partial charge >= 0.3 is 5.69 Å². The molecule has 1 aliphatic rings. The zero-order chi connectivity index (χ0) is 18.8. The van der Waals surface area contributed by atoms with Gasteiger partial charge in [0.15, 0.2) is 0 Å². The van der Waals surface area contributed by atoms with Crippen LogP contribution in [0, 0.1) is 5.92 Å². The molecule has 4 rings (SSSR count). The zero-order valence-electron chi connectivity index (χ0n) is 15.8. The fourth-order valence-corrected chi connectivity index (χ4v) is 4.17. The average Bonchev–Trinajstić information content (AvgIpc) is 3.01. The van der Waals surface area contributed by atoms with Crippen molar-refractivity contribution in [2.24, 2.45) is 5.92 Å². The van der Waals surface area contributed by atoms with Crippen LogP contribution in [0.2, 0.25) is 0 Å². The van der Waals surface area contributed by atoms with Gasteiger partial charge in [0.05, 0.1) is 11.0 Å². The quantitative estimate of drug-likeness (QED) is 0.755. The Kier molecular flexibility index (Phi) is 5.03. The first-order valence-electron chi connectivity index (χ1n) is 9.88. The van der Waals surface area contributed by atoms with E-state index < -0.39 is 6.23 Å². The number of para-hydroxylation sites is 2. The Morgan fingerprint density at radius 1 is 1.00 bits per heavy atom. The van der Waals surface area contributed by atoms with Gasteiger partial charge in [0.1, 0.15) is 6.23 Å². The van der Waals surface area contributed by atoms with E-state index in [0.29, 0.717) is 12.3 Å². The van der Waals surface area contributed by atoms with E-state index in [0.717, 1.165) is 43.4 Å². The van der Waals surface area contributed by atoms with Crippen molar-refractivity contribution in [3.05, 3.63) is 70.6 Å². The molecule has 2 aromatic carbocycles. The average molecular weight is 365 g/mol. The molecule has 0 amide bonds. The summed E-state index contributed by atoms with van der Waals surface area (Å²) in [6.07, 6.45) is 2.95. The summed E-state index contributed by atoms with van der Waals surface area (Å²) in [5, 5.41) is 12.5. The highest BCUT2D eigenvalue weighted by Gasteiger charge is 2.25. The third-order valence-corrected chi connectivity index (χ3v) is 5.66. The number of aliphatic hydroxyl groups excluding tert-OH is 1. The molecule has 1 atom stereocenters. The molecular formula is C22H27N3O2. The van der Waals surface area contributed by atoms with Gasteiger partial charge < -0.3 is 10.1 Å². The molecule has 0 spiro atoms. The third-order valence-electron chi connectivity index (χ3n) is 5.66. The Morgan fingerprint density at radius 3 is 2.30 bits per heavy atom. The van der Waals surface area contributed by atoms with Crippen LogP contribution in [0.3, 0.4) is 0 Å². The molecule has 27 heavy (non-hydrogen) atoms. The zero-order valence-corrected chi connectivity index (χ0v) is 15.8. The second kappa shape index (κ2) is 7.61. The Morgan fingerprint density at radius 2 is 1.63 bits per heavy atom. The third kappa shape index (κ3) is 3.39. The number of nitrogens with zero attached hydrogens (tertiary/aromatic N) is 3. The number of imidazole rings is 1. The van der Waals surface area contributed by atoms with Crippen molar-refractivity contribution in [2.75, 3.05) is 18.1 Å². The number of piperidine rings is 1. The number of aromatic nitrogens is 2. The van der Waals surface area contributed by atoms with Crippen LogP contribution in [0.1, 0.15) is 38.0 Å². The van der Waals surface area contributed by atoms with Gasteiger partial charge in [-0.2, -0.15) is 0 Å². The molecule has 1 unspecified atom stereocenters. The minimum atomic E-state index is -0.792. The number of hydrogen-bond acceptors (Lipinski definition) is 3. The van der Waals surface area contributed by atoms with Crippen LogP contribution in [0.25, 0.3) is 11.0 Å². The van der Waals surface area contributed by atoms with Crippen LogP contribution in [-0.4, -0.2) is 27.4 Å². The molecule has 142 valence electrons. The normalized spacial score (nSPS) is 16.7. The maximum atomic E-state index is 13.1. The molecule has 0 radical (unpaired) electrons. The smallest absolute Gasteiger partial charge is 0.350 e. The standard InChI is InChI=1S/C22H27N3O2/c1-2-21(26)24-19-10-6-7-11-20(19)25(22(24)27)23-14-12-18(13-15-23)16-17-8-4-3-5-9-17/h3-11,18,21,26H,2,12-16H2,1H3. The highest BCUT2D eigenvalue weighted by molar-refractivity contribution is 5.76. The summed E-state index contributed by atoms with van der Waals surface area (Å²) in [6, 6.07) is 18.4. The molecule has 3 aromatic rings.